The Morgan fingerprint density at radius 3 is 2.13 bits per heavy atom. The van der Waals surface area contributed by atoms with Gasteiger partial charge in [-0.3, -0.25) is 9.59 Å². The van der Waals surface area contributed by atoms with Crippen molar-refractivity contribution >= 4 is 17.6 Å². The molecule has 0 atom stereocenters. The first-order valence-corrected chi connectivity index (χ1v) is 8.27. The van der Waals surface area contributed by atoms with Gasteiger partial charge in [0.2, 0.25) is 5.91 Å². The van der Waals surface area contributed by atoms with E-state index in [4.69, 9.17) is 0 Å². The molecule has 2 amide bonds. The molecule has 0 bridgehead atoms. The number of amides is 2. The molecule has 124 valence electrons. The molecule has 2 aliphatic heterocycles. The van der Waals surface area contributed by atoms with Gasteiger partial charge in [0.1, 0.15) is 11.5 Å². The number of piperazine rings is 1. The predicted octanol–water partition coefficient (Wildman–Crippen LogP) is 0.771. The van der Waals surface area contributed by atoms with Crippen molar-refractivity contribution in [3.05, 3.63) is 18.1 Å². The highest BCUT2D eigenvalue weighted by Crippen LogP contribution is 2.15. The second-order valence-electron chi connectivity index (χ2n) is 6.11. The summed E-state index contributed by atoms with van der Waals surface area (Å²) in [5, 5.41) is 0. The van der Waals surface area contributed by atoms with Crippen molar-refractivity contribution < 1.29 is 9.59 Å². The molecule has 1 aromatic rings. The topological polar surface area (TPSA) is 69.6 Å². The Morgan fingerprint density at radius 1 is 0.870 bits per heavy atom. The van der Waals surface area contributed by atoms with Crippen LogP contribution in [0.4, 0.5) is 5.82 Å². The number of likely N-dealkylation sites (tertiary alicyclic amines) is 1. The Labute approximate surface area is 136 Å². The third-order valence-electron chi connectivity index (χ3n) is 4.55. The third kappa shape index (κ3) is 3.60. The van der Waals surface area contributed by atoms with E-state index in [1.807, 2.05) is 9.80 Å². The van der Waals surface area contributed by atoms with Crippen LogP contribution in [0.15, 0.2) is 12.4 Å². The number of rotatable bonds is 2. The smallest absolute Gasteiger partial charge is 0.274 e. The monoisotopic (exact) mass is 317 g/mol. The van der Waals surface area contributed by atoms with Gasteiger partial charge >= 0.3 is 0 Å². The lowest BCUT2D eigenvalue weighted by Crippen LogP contribution is -2.48. The van der Waals surface area contributed by atoms with Crippen LogP contribution in [-0.4, -0.2) is 70.9 Å². The third-order valence-corrected chi connectivity index (χ3v) is 4.55. The summed E-state index contributed by atoms with van der Waals surface area (Å²) in [5.74, 6) is 0.853. The standard InChI is InChI=1S/C16H23N5O2/c1-13(22)19-7-9-20(10-8-19)15-12-17-14(11-18-15)16(23)21-5-3-2-4-6-21/h11-12H,2-10H2,1H3. The Bertz CT molecular complexity index is 560. The van der Waals surface area contributed by atoms with E-state index in [1.165, 1.54) is 6.42 Å². The van der Waals surface area contributed by atoms with Crippen LogP contribution in [0.3, 0.4) is 0 Å². The summed E-state index contributed by atoms with van der Waals surface area (Å²) in [5.41, 5.74) is 0.415. The molecular formula is C16H23N5O2. The van der Waals surface area contributed by atoms with Gasteiger partial charge in [0, 0.05) is 46.2 Å². The first-order chi connectivity index (χ1) is 11.1. The average molecular weight is 317 g/mol. The second kappa shape index (κ2) is 6.93. The largest absolute Gasteiger partial charge is 0.352 e. The zero-order chi connectivity index (χ0) is 16.2. The van der Waals surface area contributed by atoms with Crippen molar-refractivity contribution in [2.75, 3.05) is 44.2 Å². The van der Waals surface area contributed by atoms with Gasteiger partial charge in [-0.25, -0.2) is 9.97 Å². The molecule has 2 fully saturated rings. The van der Waals surface area contributed by atoms with Crippen molar-refractivity contribution in [3.8, 4) is 0 Å². The molecule has 0 aromatic carbocycles. The number of anilines is 1. The highest BCUT2D eigenvalue weighted by Gasteiger charge is 2.22. The molecule has 0 unspecified atom stereocenters. The van der Waals surface area contributed by atoms with E-state index < -0.39 is 0 Å². The Morgan fingerprint density at radius 2 is 1.57 bits per heavy atom. The molecule has 1 aromatic heterocycles. The molecular weight excluding hydrogens is 294 g/mol. The molecule has 0 N–H and O–H groups in total. The maximum absolute atomic E-state index is 12.4. The van der Waals surface area contributed by atoms with Gasteiger partial charge in [0.25, 0.3) is 5.91 Å². The maximum atomic E-state index is 12.4. The fourth-order valence-electron chi connectivity index (χ4n) is 3.10. The highest BCUT2D eigenvalue weighted by atomic mass is 16.2. The molecule has 0 spiro atoms. The minimum Gasteiger partial charge on any atom is -0.352 e. The zero-order valence-electron chi connectivity index (χ0n) is 13.6. The van der Waals surface area contributed by atoms with Crippen LogP contribution in [0, 0.1) is 0 Å². The number of carbonyl (C=O) groups is 2. The molecule has 2 saturated heterocycles. The van der Waals surface area contributed by atoms with Crippen LogP contribution in [0.2, 0.25) is 0 Å². The number of hydrogen-bond acceptors (Lipinski definition) is 5. The van der Waals surface area contributed by atoms with Crippen LogP contribution < -0.4 is 4.90 Å². The summed E-state index contributed by atoms with van der Waals surface area (Å²) >= 11 is 0. The second-order valence-corrected chi connectivity index (χ2v) is 6.11. The lowest BCUT2D eigenvalue weighted by molar-refractivity contribution is -0.129. The summed E-state index contributed by atoms with van der Waals surface area (Å²) in [6.45, 7) is 6.11. The van der Waals surface area contributed by atoms with Crippen LogP contribution >= 0.6 is 0 Å². The molecule has 7 nitrogen and oxygen atoms in total. The number of hydrogen-bond donors (Lipinski definition) is 0. The first-order valence-electron chi connectivity index (χ1n) is 8.27. The van der Waals surface area contributed by atoms with Gasteiger partial charge in [0.15, 0.2) is 0 Å². The quantitative estimate of drug-likeness (QED) is 0.806. The van der Waals surface area contributed by atoms with Gasteiger partial charge in [0.05, 0.1) is 12.4 Å². The van der Waals surface area contributed by atoms with E-state index in [-0.39, 0.29) is 11.8 Å². The Kier molecular flexibility index (Phi) is 4.73. The molecule has 0 saturated carbocycles. The number of aromatic nitrogens is 2. The van der Waals surface area contributed by atoms with E-state index in [0.29, 0.717) is 18.8 Å². The highest BCUT2D eigenvalue weighted by molar-refractivity contribution is 5.92. The summed E-state index contributed by atoms with van der Waals surface area (Å²) in [6, 6.07) is 0. The SMILES string of the molecule is CC(=O)N1CCN(c2cnc(C(=O)N3CCCCC3)cn2)CC1. The molecule has 7 heteroatoms. The summed E-state index contributed by atoms with van der Waals surface area (Å²) in [6.07, 6.45) is 6.57. The summed E-state index contributed by atoms with van der Waals surface area (Å²) in [4.78, 5) is 38.2. The van der Waals surface area contributed by atoms with Crippen LogP contribution in [0.1, 0.15) is 36.7 Å². The number of carbonyl (C=O) groups excluding carboxylic acids is 2. The van der Waals surface area contributed by atoms with Crippen molar-refractivity contribution in [2.24, 2.45) is 0 Å². The van der Waals surface area contributed by atoms with Gasteiger partial charge in [-0.1, -0.05) is 0 Å². The van der Waals surface area contributed by atoms with Crippen molar-refractivity contribution in [2.45, 2.75) is 26.2 Å². The van der Waals surface area contributed by atoms with Crippen LogP contribution in [-0.2, 0) is 4.79 Å². The zero-order valence-corrected chi connectivity index (χ0v) is 13.6. The van der Waals surface area contributed by atoms with Crippen LogP contribution in [0.25, 0.3) is 0 Å². The Hall–Kier alpha value is -2.18. The molecule has 0 aliphatic carbocycles. The van der Waals surface area contributed by atoms with E-state index in [9.17, 15) is 9.59 Å². The average Bonchev–Trinajstić information content (AvgIpc) is 2.62. The number of nitrogens with zero attached hydrogens (tertiary/aromatic N) is 5. The number of piperidine rings is 1. The molecule has 23 heavy (non-hydrogen) atoms. The van der Waals surface area contributed by atoms with Crippen molar-refractivity contribution in [1.29, 1.82) is 0 Å². The molecule has 3 heterocycles. The van der Waals surface area contributed by atoms with E-state index in [2.05, 4.69) is 14.9 Å². The van der Waals surface area contributed by atoms with Gasteiger partial charge in [-0.2, -0.15) is 0 Å². The lowest BCUT2D eigenvalue weighted by Gasteiger charge is -2.34. The minimum absolute atomic E-state index is 0.0230. The maximum Gasteiger partial charge on any atom is 0.274 e. The molecule has 2 aliphatic rings. The van der Waals surface area contributed by atoms with Gasteiger partial charge in [-0.05, 0) is 19.3 Å². The van der Waals surface area contributed by atoms with Gasteiger partial charge < -0.3 is 14.7 Å². The van der Waals surface area contributed by atoms with E-state index in [1.54, 1.807) is 19.3 Å². The van der Waals surface area contributed by atoms with Crippen molar-refractivity contribution in [3.63, 3.8) is 0 Å². The van der Waals surface area contributed by atoms with Crippen LogP contribution in [0.5, 0.6) is 0 Å². The Balaban J connectivity index is 1.61. The predicted molar refractivity (Wildman–Crippen MR) is 86.3 cm³/mol. The van der Waals surface area contributed by atoms with E-state index in [0.717, 1.165) is 44.8 Å². The molecule has 0 radical (unpaired) electrons. The summed E-state index contributed by atoms with van der Waals surface area (Å²) in [7, 11) is 0. The fraction of sp³-hybridized carbons (Fsp3) is 0.625. The normalized spacial score (nSPS) is 18.9. The summed E-state index contributed by atoms with van der Waals surface area (Å²) < 4.78 is 0. The van der Waals surface area contributed by atoms with Gasteiger partial charge in [-0.15, -0.1) is 0 Å². The van der Waals surface area contributed by atoms with E-state index >= 15 is 0 Å². The molecule has 3 rings (SSSR count). The first kappa shape index (κ1) is 15.7. The van der Waals surface area contributed by atoms with Crippen molar-refractivity contribution in [1.82, 2.24) is 19.8 Å². The fourth-order valence-corrected chi connectivity index (χ4v) is 3.10. The lowest BCUT2D eigenvalue weighted by atomic mass is 10.1. The minimum atomic E-state index is -0.0230.